The molecule has 11 heteroatoms. The number of nitrogens with one attached hydrogen (secondary N) is 3. The summed E-state index contributed by atoms with van der Waals surface area (Å²) in [4.78, 5) is 50.6. The Bertz CT molecular complexity index is 1950. The first-order valence-electron chi connectivity index (χ1n) is 15.2. The van der Waals surface area contributed by atoms with Crippen molar-refractivity contribution < 1.29 is 24.0 Å². The lowest BCUT2D eigenvalue weighted by molar-refractivity contribution is -0.384. The minimum atomic E-state index is -0.542. The van der Waals surface area contributed by atoms with Gasteiger partial charge in [-0.25, -0.2) is 0 Å². The summed E-state index contributed by atoms with van der Waals surface area (Å²) >= 11 is 1.28. The highest BCUT2D eigenvalue weighted by Gasteiger charge is 2.18. The second-order valence-electron chi connectivity index (χ2n) is 10.8. The average molecular weight is 673 g/mol. The quantitative estimate of drug-likeness (QED) is 0.0504. The lowest BCUT2D eigenvalue weighted by Gasteiger charge is -2.14. The molecule has 49 heavy (non-hydrogen) atoms. The fourth-order valence-electron chi connectivity index (χ4n) is 4.52. The monoisotopic (exact) mass is 672 g/mol. The molecule has 1 unspecified atom stereocenters. The molecule has 0 spiro atoms. The van der Waals surface area contributed by atoms with Gasteiger partial charge < -0.3 is 20.7 Å². The first kappa shape index (κ1) is 34.1. The molecule has 0 saturated carbocycles. The van der Waals surface area contributed by atoms with E-state index in [1.807, 2.05) is 36.4 Å². The third-order valence-electron chi connectivity index (χ3n) is 7.09. The Morgan fingerprint density at radius 1 is 0.796 bits per heavy atom. The zero-order valence-corrected chi connectivity index (χ0v) is 27.2. The van der Waals surface area contributed by atoms with Gasteiger partial charge >= 0.3 is 0 Å². The SMILES string of the molecule is CC(Sc1cccc(NC(=O)/C(=C/c2ccc(OCc3ccccc3)cc2)NC(=O)c2ccccc2)c1)C(=O)Nc1ccc([N+](=O)[O-])cc1. The summed E-state index contributed by atoms with van der Waals surface area (Å²) in [6.07, 6.45) is 1.58. The molecule has 5 aromatic rings. The summed E-state index contributed by atoms with van der Waals surface area (Å²) in [6, 6.07) is 38.1. The maximum atomic E-state index is 13.6. The van der Waals surface area contributed by atoms with Crippen LogP contribution in [-0.2, 0) is 16.2 Å². The maximum Gasteiger partial charge on any atom is 0.272 e. The van der Waals surface area contributed by atoms with Crippen LogP contribution in [0.25, 0.3) is 6.08 Å². The molecule has 0 heterocycles. The van der Waals surface area contributed by atoms with E-state index in [1.165, 1.54) is 36.0 Å². The Kier molecular flexibility index (Phi) is 11.5. The second kappa shape index (κ2) is 16.6. The number of rotatable bonds is 13. The summed E-state index contributed by atoms with van der Waals surface area (Å²) in [5, 5.41) is 18.7. The normalized spacial score (nSPS) is 11.6. The van der Waals surface area contributed by atoms with E-state index >= 15 is 0 Å². The molecule has 3 amide bonds. The first-order chi connectivity index (χ1) is 23.7. The topological polar surface area (TPSA) is 140 Å². The van der Waals surface area contributed by atoms with Crippen LogP contribution in [0.2, 0.25) is 0 Å². The van der Waals surface area contributed by atoms with Crippen LogP contribution in [0.4, 0.5) is 17.1 Å². The van der Waals surface area contributed by atoms with E-state index in [0.29, 0.717) is 39.8 Å². The number of hydrogen-bond donors (Lipinski definition) is 3. The van der Waals surface area contributed by atoms with Crippen molar-refractivity contribution in [2.75, 3.05) is 10.6 Å². The van der Waals surface area contributed by atoms with Crippen LogP contribution in [0.15, 0.2) is 144 Å². The minimum absolute atomic E-state index is 0.0284. The number of nitrogens with zero attached hydrogens (tertiary/aromatic N) is 1. The van der Waals surface area contributed by atoms with Gasteiger partial charge in [-0.15, -0.1) is 11.8 Å². The molecular formula is C38H32N4O6S. The Morgan fingerprint density at radius 2 is 1.47 bits per heavy atom. The third kappa shape index (κ3) is 10.1. The van der Waals surface area contributed by atoms with Gasteiger partial charge in [0.15, 0.2) is 0 Å². The van der Waals surface area contributed by atoms with Crippen molar-refractivity contribution in [1.82, 2.24) is 5.32 Å². The molecule has 0 fully saturated rings. The Labute approximate surface area is 287 Å². The molecule has 0 aromatic heterocycles. The van der Waals surface area contributed by atoms with E-state index in [2.05, 4.69) is 16.0 Å². The molecule has 0 saturated heterocycles. The van der Waals surface area contributed by atoms with Gasteiger partial charge in [0.1, 0.15) is 18.1 Å². The minimum Gasteiger partial charge on any atom is -0.489 e. The van der Waals surface area contributed by atoms with Gasteiger partial charge in [0, 0.05) is 34.0 Å². The summed E-state index contributed by atoms with van der Waals surface area (Å²) in [5.74, 6) is -0.620. The number of hydrogen-bond acceptors (Lipinski definition) is 7. The number of amides is 3. The number of benzene rings is 5. The number of carbonyl (C=O) groups is 3. The fraction of sp³-hybridized carbons (Fsp3) is 0.0789. The number of non-ortho nitro benzene ring substituents is 1. The van der Waals surface area contributed by atoms with Crippen LogP contribution in [0.3, 0.4) is 0 Å². The number of carbonyl (C=O) groups excluding carboxylic acids is 3. The number of nitro groups is 1. The Balaban J connectivity index is 1.27. The molecule has 5 rings (SSSR count). The van der Waals surface area contributed by atoms with E-state index in [9.17, 15) is 24.5 Å². The molecule has 1 atom stereocenters. The highest BCUT2D eigenvalue weighted by Crippen LogP contribution is 2.27. The summed E-state index contributed by atoms with van der Waals surface area (Å²) in [5.41, 5.74) is 2.96. The van der Waals surface area contributed by atoms with Crippen LogP contribution in [-0.4, -0.2) is 27.9 Å². The molecule has 0 aliphatic rings. The van der Waals surface area contributed by atoms with Gasteiger partial charge in [-0.2, -0.15) is 0 Å². The third-order valence-corrected chi connectivity index (χ3v) is 8.18. The van der Waals surface area contributed by atoms with Crippen LogP contribution < -0.4 is 20.7 Å². The van der Waals surface area contributed by atoms with Crippen molar-refractivity contribution in [2.45, 2.75) is 23.7 Å². The van der Waals surface area contributed by atoms with Gasteiger partial charge in [-0.1, -0.05) is 66.7 Å². The van der Waals surface area contributed by atoms with Crippen molar-refractivity contribution >= 4 is 52.6 Å². The van der Waals surface area contributed by atoms with Crippen molar-refractivity contribution in [3.63, 3.8) is 0 Å². The summed E-state index contributed by atoms with van der Waals surface area (Å²) < 4.78 is 5.88. The predicted molar refractivity (Wildman–Crippen MR) is 191 cm³/mol. The molecule has 0 bridgehead atoms. The lowest BCUT2D eigenvalue weighted by atomic mass is 10.1. The van der Waals surface area contributed by atoms with Crippen molar-refractivity contribution in [3.8, 4) is 5.75 Å². The van der Waals surface area contributed by atoms with E-state index in [-0.39, 0.29) is 17.3 Å². The van der Waals surface area contributed by atoms with Gasteiger partial charge in [-0.05, 0) is 78.7 Å². The van der Waals surface area contributed by atoms with Crippen molar-refractivity contribution in [2.24, 2.45) is 0 Å². The highest BCUT2D eigenvalue weighted by atomic mass is 32.2. The molecule has 3 N–H and O–H groups in total. The molecule has 0 radical (unpaired) electrons. The fourth-order valence-corrected chi connectivity index (χ4v) is 5.45. The maximum absolute atomic E-state index is 13.6. The van der Waals surface area contributed by atoms with E-state index in [1.54, 1.807) is 85.8 Å². The Hall–Kier alpha value is -6.20. The number of anilines is 2. The zero-order chi connectivity index (χ0) is 34.6. The Morgan fingerprint density at radius 3 is 2.14 bits per heavy atom. The smallest absolute Gasteiger partial charge is 0.272 e. The van der Waals surface area contributed by atoms with E-state index in [0.717, 1.165) is 5.56 Å². The van der Waals surface area contributed by atoms with Crippen LogP contribution >= 0.6 is 11.8 Å². The van der Waals surface area contributed by atoms with E-state index < -0.39 is 22.0 Å². The average Bonchev–Trinajstić information content (AvgIpc) is 3.12. The first-order valence-corrected chi connectivity index (χ1v) is 16.1. The van der Waals surface area contributed by atoms with Crippen molar-refractivity contribution in [1.29, 1.82) is 0 Å². The van der Waals surface area contributed by atoms with Gasteiger partial charge in [0.2, 0.25) is 5.91 Å². The van der Waals surface area contributed by atoms with Crippen molar-refractivity contribution in [3.05, 3.63) is 166 Å². The molecule has 246 valence electrons. The highest BCUT2D eigenvalue weighted by molar-refractivity contribution is 8.00. The standard InChI is InChI=1S/C38H32N4O6S/c1-26(36(43)39-30-17-19-32(20-18-30)42(46)47)49-34-14-8-13-31(24-34)40-38(45)35(41-37(44)29-11-6-3-7-12-29)23-27-15-21-33(22-16-27)48-25-28-9-4-2-5-10-28/h2-24,26H,25H2,1H3,(H,39,43)(H,40,45)(H,41,44)/b35-23-. The van der Waals surface area contributed by atoms with Crippen LogP contribution in [0.5, 0.6) is 5.75 Å². The number of ether oxygens (including phenoxy) is 1. The molecule has 10 nitrogen and oxygen atoms in total. The second-order valence-corrected chi connectivity index (χ2v) is 12.2. The number of nitro benzene ring substituents is 1. The number of thioether (sulfide) groups is 1. The van der Waals surface area contributed by atoms with Gasteiger partial charge in [0.05, 0.1) is 10.2 Å². The summed E-state index contributed by atoms with van der Waals surface area (Å²) in [6.45, 7) is 2.14. The molecule has 0 aliphatic heterocycles. The summed E-state index contributed by atoms with van der Waals surface area (Å²) in [7, 11) is 0. The zero-order valence-electron chi connectivity index (χ0n) is 26.4. The van der Waals surface area contributed by atoms with E-state index in [4.69, 9.17) is 4.74 Å². The van der Waals surface area contributed by atoms with Gasteiger partial charge in [0.25, 0.3) is 17.5 Å². The largest absolute Gasteiger partial charge is 0.489 e. The molecule has 5 aromatic carbocycles. The van der Waals surface area contributed by atoms with Crippen LogP contribution in [0.1, 0.15) is 28.4 Å². The molecular weight excluding hydrogens is 641 g/mol. The molecule has 0 aliphatic carbocycles. The van der Waals surface area contributed by atoms with Crippen LogP contribution in [0, 0.1) is 10.1 Å². The van der Waals surface area contributed by atoms with Gasteiger partial charge in [-0.3, -0.25) is 24.5 Å². The predicted octanol–water partition coefficient (Wildman–Crippen LogP) is 7.70. The lowest BCUT2D eigenvalue weighted by Crippen LogP contribution is -2.30.